The van der Waals surface area contributed by atoms with Crippen LogP contribution in [-0.4, -0.2) is 56.9 Å². The number of piperazine rings is 1. The summed E-state index contributed by atoms with van der Waals surface area (Å²) in [6.07, 6.45) is 0.254. The summed E-state index contributed by atoms with van der Waals surface area (Å²) in [6, 6.07) is 15.9. The Bertz CT molecular complexity index is 1100. The third kappa shape index (κ3) is 4.99. The molecule has 0 radical (unpaired) electrons. The third-order valence-electron chi connectivity index (χ3n) is 5.94. The van der Waals surface area contributed by atoms with Crippen LogP contribution < -0.4 is 5.56 Å². The van der Waals surface area contributed by atoms with E-state index in [0.717, 1.165) is 19.6 Å². The summed E-state index contributed by atoms with van der Waals surface area (Å²) in [6.45, 7) is 8.69. The van der Waals surface area contributed by atoms with Crippen LogP contribution in [0.15, 0.2) is 53.3 Å². The van der Waals surface area contributed by atoms with Crippen LogP contribution in [0.25, 0.3) is 10.9 Å². The first-order valence-corrected chi connectivity index (χ1v) is 10.9. The molecule has 4 rings (SSSR count). The molecular weight excluding hydrogens is 390 g/mol. The van der Waals surface area contributed by atoms with Crippen molar-refractivity contribution in [2.45, 2.75) is 39.3 Å². The van der Waals surface area contributed by atoms with Gasteiger partial charge in [0.15, 0.2) is 0 Å². The van der Waals surface area contributed by atoms with Crippen LogP contribution in [-0.2, 0) is 17.9 Å². The number of hydrogen-bond donors (Lipinski definition) is 0. The zero-order valence-electron chi connectivity index (χ0n) is 18.2. The maximum absolute atomic E-state index is 12.7. The van der Waals surface area contributed by atoms with E-state index in [1.54, 1.807) is 18.2 Å². The Kier molecular flexibility index (Phi) is 6.42. The molecule has 0 unspecified atom stereocenters. The van der Waals surface area contributed by atoms with E-state index in [1.165, 1.54) is 15.8 Å². The fraction of sp³-hybridized carbons (Fsp3) is 0.417. The summed E-state index contributed by atoms with van der Waals surface area (Å²) < 4.78 is 1.29. The minimum atomic E-state index is -0.202. The molecule has 1 aliphatic rings. The average Bonchev–Trinajstić information content (AvgIpc) is 2.79. The van der Waals surface area contributed by atoms with Crippen molar-refractivity contribution >= 4 is 16.8 Å². The fourth-order valence-corrected chi connectivity index (χ4v) is 3.95. The first kappa shape index (κ1) is 21.2. The molecule has 0 aliphatic carbocycles. The number of benzene rings is 2. The number of fused-ring (bicyclic) bond motifs is 1. The van der Waals surface area contributed by atoms with E-state index in [0.29, 0.717) is 29.9 Å². The zero-order valence-corrected chi connectivity index (χ0v) is 18.2. The van der Waals surface area contributed by atoms with Gasteiger partial charge in [0.1, 0.15) is 5.52 Å². The molecular formula is C24H29N5O2. The summed E-state index contributed by atoms with van der Waals surface area (Å²) in [4.78, 5) is 29.4. The van der Waals surface area contributed by atoms with Crippen molar-refractivity contribution in [3.05, 3.63) is 70.0 Å². The first-order chi connectivity index (χ1) is 15.0. The number of aryl methyl sites for hydroxylation is 1. The lowest BCUT2D eigenvalue weighted by Crippen LogP contribution is -2.48. The Morgan fingerprint density at radius 1 is 1.00 bits per heavy atom. The number of carbonyl (C=O) groups excluding carboxylic acids is 1. The average molecular weight is 420 g/mol. The molecule has 1 aliphatic heterocycles. The predicted molar refractivity (Wildman–Crippen MR) is 121 cm³/mol. The van der Waals surface area contributed by atoms with Crippen LogP contribution in [0.3, 0.4) is 0 Å². The number of carbonyl (C=O) groups is 1. The quantitative estimate of drug-likeness (QED) is 0.614. The zero-order chi connectivity index (χ0) is 21.8. The highest BCUT2D eigenvalue weighted by Gasteiger charge is 2.21. The minimum absolute atomic E-state index is 0.0581. The van der Waals surface area contributed by atoms with Gasteiger partial charge in [0.25, 0.3) is 5.56 Å². The van der Waals surface area contributed by atoms with Crippen molar-refractivity contribution in [2.24, 2.45) is 0 Å². The second kappa shape index (κ2) is 9.39. The lowest BCUT2D eigenvalue weighted by molar-refractivity contribution is -0.133. The molecule has 1 amide bonds. The monoisotopic (exact) mass is 419 g/mol. The molecule has 2 aromatic carbocycles. The van der Waals surface area contributed by atoms with Crippen molar-refractivity contribution in [3.8, 4) is 0 Å². The molecule has 31 heavy (non-hydrogen) atoms. The van der Waals surface area contributed by atoms with Crippen LogP contribution in [0.4, 0.5) is 0 Å². The summed E-state index contributed by atoms with van der Waals surface area (Å²) in [5.41, 5.74) is 3.03. The van der Waals surface area contributed by atoms with Gasteiger partial charge in [-0.05, 0) is 29.2 Å². The molecule has 2 heterocycles. The van der Waals surface area contributed by atoms with Crippen molar-refractivity contribution in [1.82, 2.24) is 24.8 Å². The van der Waals surface area contributed by atoms with Gasteiger partial charge in [0, 0.05) is 39.1 Å². The number of hydrogen-bond acceptors (Lipinski definition) is 5. The van der Waals surface area contributed by atoms with Gasteiger partial charge in [0.2, 0.25) is 5.91 Å². The SMILES string of the molecule is CC(C)c1ccc(CN2CCN(C(=O)CCn3nnc4ccccc4c3=O)CC2)cc1. The number of rotatable bonds is 6. The van der Waals surface area contributed by atoms with Gasteiger partial charge >= 0.3 is 0 Å². The summed E-state index contributed by atoms with van der Waals surface area (Å²) in [5.74, 6) is 0.600. The summed E-state index contributed by atoms with van der Waals surface area (Å²) in [5, 5.41) is 8.58. The van der Waals surface area contributed by atoms with Crippen molar-refractivity contribution in [3.63, 3.8) is 0 Å². The molecule has 7 nitrogen and oxygen atoms in total. The second-order valence-electron chi connectivity index (χ2n) is 8.44. The molecule has 0 spiro atoms. The Labute approximate surface area is 182 Å². The Morgan fingerprint density at radius 2 is 1.71 bits per heavy atom. The van der Waals surface area contributed by atoms with E-state index in [2.05, 4.69) is 53.3 Å². The normalized spacial score (nSPS) is 15.0. The van der Waals surface area contributed by atoms with Crippen LogP contribution in [0, 0.1) is 0 Å². The van der Waals surface area contributed by atoms with Crippen molar-refractivity contribution in [2.75, 3.05) is 26.2 Å². The highest BCUT2D eigenvalue weighted by atomic mass is 16.2. The molecule has 3 aromatic rings. The number of nitrogens with zero attached hydrogens (tertiary/aromatic N) is 5. The number of amides is 1. The van der Waals surface area contributed by atoms with Gasteiger partial charge in [-0.3, -0.25) is 14.5 Å². The van der Waals surface area contributed by atoms with Crippen LogP contribution in [0.1, 0.15) is 37.3 Å². The second-order valence-corrected chi connectivity index (χ2v) is 8.44. The van der Waals surface area contributed by atoms with Gasteiger partial charge in [0.05, 0.1) is 11.9 Å². The predicted octanol–water partition coefficient (Wildman–Crippen LogP) is 2.65. The van der Waals surface area contributed by atoms with E-state index >= 15 is 0 Å². The van der Waals surface area contributed by atoms with Gasteiger partial charge in [-0.2, -0.15) is 0 Å². The maximum atomic E-state index is 12.7. The van der Waals surface area contributed by atoms with E-state index in [-0.39, 0.29) is 24.4 Å². The van der Waals surface area contributed by atoms with Gasteiger partial charge in [-0.1, -0.05) is 55.5 Å². The smallest absolute Gasteiger partial charge is 0.277 e. The first-order valence-electron chi connectivity index (χ1n) is 10.9. The lowest BCUT2D eigenvalue weighted by atomic mass is 10.0. The van der Waals surface area contributed by atoms with Crippen molar-refractivity contribution < 1.29 is 4.79 Å². The third-order valence-corrected chi connectivity index (χ3v) is 5.94. The molecule has 7 heteroatoms. The molecule has 162 valence electrons. The highest BCUT2D eigenvalue weighted by Crippen LogP contribution is 2.16. The largest absolute Gasteiger partial charge is 0.340 e. The van der Waals surface area contributed by atoms with Crippen LogP contribution >= 0.6 is 0 Å². The maximum Gasteiger partial charge on any atom is 0.277 e. The molecule has 0 N–H and O–H groups in total. The Hall–Kier alpha value is -3.06. The lowest BCUT2D eigenvalue weighted by Gasteiger charge is -2.34. The van der Waals surface area contributed by atoms with Crippen LogP contribution in [0.2, 0.25) is 0 Å². The molecule has 1 fully saturated rings. The summed E-state index contributed by atoms with van der Waals surface area (Å²) >= 11 is 0. The Morgan fingerprint density at radius 3 is 2.42 bits per heavy atom. The minimum Gasteiger partial charge on any atom is -0.340 e. The standard InChI is InChI=1S/C24H29N5O2/c1-18(2)20-9-7-19(8-10-20)17-27-13-15-28(16-14-27)23(30)11-12-29-24(31)21-5-3-4-6-22(21)25-26-29/h3-10,18H,11-17H2,1-2H3. The topological polar surface area (TPSA) is 71.3 Å². The van der Waals surface area contributed by atoms with Crippen molar-refractivity contribution in [1.29, 1.82) is 0 Å². The molecule has 0 atom stereocenters. The van der Waals surface area contributed by atoms with Crippen LogP contribution in [0.5, 0.6) is 0 Å². The molecule has 0 saturated carbocycles. The molecule has 0 bridgehead atoms. The van der Waals surface area contributed by atoms with Gasteiger partial charge in [-0.25, -0.2) is 4.68 Å². The van der Waals surface area contributed by atoms with Gasteiger partial charge in [-0.15, -0.1) is 5.10 Å². The van der Waals surface area contributed by atoms with E-state index < -0.39 is 0 Å². The van der Waals surface area contributed by atoms with E-state index in [1.807, 2.05) is 11.0 Å². The Balaban J connectivity index is 1.27. The summed E-state index contributed by atoms with van der Waals surface area (Å²) in [7, 11) is 0. The van der Waals surface area contributed by atoms with E-state index in [4.69, 9.17) is 0 Å². The highest BCUT2D eigenvalue weighted by molar-refractivity contribution is 5.77. The van der Waals surface area contributed by atoms with Gasteiger partial charge < -0.3 is 4.90 Å². The fourth-order valence-electron chi connectivity index (χ4n) is 3.95. The number of aromatic nitrogens is 3. The van der Waals surface area contributed by atoms with E-state index in [9.17, 15) is 9.59 Å². The molecule has 1 aromatic heterocycles. The molecule has 1 saturated heterocycles.